The van der Waals surface area contributed by atoms with Crippen molar-refractivity contribution in [1.82, 2.24) is 14.2 Å². The first-order valence-corrected chi connectivity index (χ1v) is 20.4. The molecule has 0 radical (unpaired) electrons. The van der Waals surface area contributed by atoms with E-state index in [9.17, 15) is 27.6 Å². The minimum absolute atomic E-state index is 0.116. The number of benzene rings is 2. The molecule has 1 heterocycles. The van der Waals surface area contributed by atoms with Gasteiger partial charge >= 0.3 is 18.2 Å². The van der Waals surface area contributed by atoms with Crippen LogP contribution in [0.5, 0.6) is 0 Å². The van der Waals surface area contributed by atoms with Crippen LogP contribution in [0.3, 0.4) is 0 Å². The Morgan fingerprint density at radius 3 is 2.12 bits per heavy atom. The monoisotopic (exact) mass is 715 g/mol. The minimum atomic E-state index is -4.39. The zero-order chi connectivity index (χ0) is 36.9. The molecule has 1 saturated heterocycles. The van der Waals surface area contributed by atoms with Crippen molar-refractivity contribution in [2.75, 3.05) is 6.54 Å². The summed E-state index contributed by atoms with van der Waals surface area (Å²) in [5, 5.41) is 2.33. The summed E-state index contributed by atoms with van der Waals surface area (Å²) in [6.45, 7) is 17.5. The highest BCUT2D eigenvalue weighted by Gasteiger charge is 2.60. The van der Waals surface area contributed by atoms with Crippen molar-refractivity contribution in [2.45, 2.75) is 109 Å². The van der Waals surface area contributed by atoms with Crippen LogP contribution in [0.15, 0.2) is 71.6 Å². The summed E-state index contributed by atoms with van der Waals surface area (Å²) in [4.78, 5) is 52.2. The third-order valence-electron chi connectivity index (χ3n) is 8.51. The van der Waals surface area contributed by atoms with Crippen molar-refractivity contribution in [3.8, 4) is 0 Å². The molecule has 3 rings (SSSR count). The van der Waals surface area contributed by atoms with Crippen molar-refractivity contribution >= 4 is 42.3 Å². The summed E-state index contributed by atoms with van der Waals surface area (Å²) in [5.74, 6) is -1.01. The van der Waals surface area contributed by atoms with E-state index >= 15 is 0 Å². The van der Waals surface area contributed by atoms with Crippen LogP contribution in [0.25, 0.3) is 0 Å². The SMILES string of the molecule is CC(=O)OC(/C=C/CN(C(=O)OCc1ccccc1)S(=O)(=O)c1ccc(C)cc1)[C@H]1[C@@H](NC(=O)OC(C)(C)C)C(=O)N1[Si](C)(C)C(C)(C)C. The van der Waals surface area contributed by atoms with Gasteiger partial charge < -0.3 is 24.1 Å². The molecule has 3 atom stereocenters. The van der Waals surface area contributed by atoms with Crippen LogP contribution in [0.2, 0.25) is 18.1 Å². The summed E-state index contributed by atoms with van der Waals surface area (Å²) >= 11 is 0. The van der Waals surface area contributed by atoms with Crippen molar-refractivity contribution in [1.29, 1.82) is 0 Å². The molecule has 0 bridgehead atoms. The average molecular weight is 716 g/mol. The highest BCUT2D eigenvalue weighted by atomic mass is 32.2. The molecule has 1 fully saturated rings. The van der Waals surface area contributed by atoms with Gasteiger partial charge in [0.2, 0.25) is 5.91 Å². The van der Waals surface area contributed by atoms with Crippen LogP contribution < -0.4 is 5.32 Å². The highest BCUT2D eigenvalue weighted by Crippen LogP contribution is 2.44. The van der Waals surface area contributed by atoms with E-state index in [2.05, 4.69) is 5.32 Å². The van der Waals surface area contributed by atoms with E-state index in [4.69, 9.17) is 14.2 Å². The number of sulfonamides is 1. The second-order valence-electron chi connectivity index (χ2n) is 14.5. The summed E-state index contributed by atoms with van der Waals surface area (Å²) < 4.78 is 46.4. The second-order valence-corrected chi connectivity index (χ2v) is 21.5. The first-order valence-electron chi connectivity index (χ1n) is 16.0. The molecule has 0 aromatic heterocycles. The van der Waals surface area contributed by atoms with Crippen molar-refractivity contribution in [3.63, 3.8) is 0 Å². The van der Waals surface area contributed by atoms with Gasteiger partial charge in [0.15, 0.2) is 8.24 Å². The lowest BCUT2D eigenvalue weighted by atomic mass is 9.92. The summed E-state index contributed by atoms with van der Waals surface area (Å²) in [6, 6.07) is 12.9. The van der Waals surface area contributed by atoms with Crippen LogP contribution in [-0.2, 0) is 40.4 Å². The van der Waals surface area contributed by atoms with E-state index in [0.717, 1.165) is 5.56 Å². The molecular formula is C35H49N3O9SSi. The third kappa shape index (κ3) is 9.72. The molecule has 14 heteroatoms. The standard InChI is InChI=1S/C35H49N3O9SSi/c1-24-18-20-27(21-19-24)48(43,44)37(33(42)45-23-26-15-12-11-13-16-26)22-14-17-28(46-25(2)39)30-29(36-32(41)47-34(3,4)5)31(40)38(30)49(9,10)35(6,7)8/h11-21,28-30H,22-23H2,1-10H3,(H,36,41)/b17-14+/t28?,29-,30+/m1/s1. The first-order chi connectivity index (χ1) is 22.6. The van der Waals surface area contributed by atoms with Gasteiger partial charge in [0.25, 0.3) is 10.0 Å². The molecule has 49 heavy (non-hydrogen) atoms. The first kappa shape index (κ1) is 39.3. The number of amides is 3. The highest BCUT2D eigenvalue weighted by molar-refractivity contribution is 7.89. The van der Waals surface area contributed by atoms with Gasteiger partial charge in [-0.25, -0.2) is 18.0 Å². The number of alkyl carbamates (subject to hydrolysis) is 1. The predicted molar refractivity (Wildman–Crippen MR) is 187 cm³/mol. The maximum Gasteiger partial charge on any atom is 0.424 e. The molecule has 1 aliphatic rings. The lowest BCUT2D eigenvalue weighted by Crippen LogP contribution is -2.81. The number of ether oxygens (including phenoxy) is 3. The minimum Gasteiger partial charge on any atom is -0.456 e. The number of β-lactam (4-membered cyclic amide) rings is 1. The Morgan fingerprint density at radius 1 is 1.00 bits per heavy atom. The van der Waals surface area contributed by atoms with Crippen molar-refractivity contribution < 1.29 is 41.8 Å². The summed E-state index contributed by atoms with van der Waals surface area (Å²) in [5.41, 5.74) is 0.664. The summed E-state index contributed by atoms with van der Waals surface area (Å²) in [7, 11) is -7.01. The zero-order valence-corrected chi connectivity index (χ0v) is 31.8. The number of hydrogen-bond donors (Lipinski definition) is 1. The Kier molecular flexibility index (Phi) is 12.1. The molecule has 3 amide bonds. The fraction of sp³-hybridized carbons (Fsp3) is 0.486. The fourth-order valence-corrected chi connectivity index (χ4v) is 8.76. The molecule has 1 unspecified atom stereocenters. The number of aryl methyl sites for hydroxylation is 1. The van der Waals surface area contributed by atoms with Crippen LogP contribution in [-0.4, -0.2) is 79.9 Å². The van der Waals surface area contributed by atoms with E-state index in [1.807, 2.05) is 40.8 Å². The molecule has 2 aromatic carbocycles. The van der Waals surface area contributed by atoms with Gasteiger partial charge in [-0.3, -0.25) is 9.59 Å². The Bertz CT molecular complexity index is 1650. The van der Waals surface area contributed by atoms with Gasteiger partial charge in [-0.1, -0.05) is 88.0 Å². The number of rotatable bonds is 11. The molecule has 12 nitrogen and oxygen atoms in total. The molecular weight excluding hydrogens is 667 g/mol. The number of carbonyl (C=O) groups excluding carboxylic acids is 4. The molecule has 1 aliphatic heterocycles. The van der Waals surface area contributed by atoms with E-state index in [-0.39, 0.29) is 22.4 Å². The topological polar surface area (TPSA) is 149 Å². The van der Waals surface area contributed by atoms with Crippen LogP contribution >= 0.6 is 0 Å². The van der Waals surface area contributed by atoms with Gasteiger partial charge in [-0.05, 0) is 56.5 Å². The summed E-state index contributed by atoms with van der Waals surface area (Å²) in [6.07, 6.45) is -0.226. The van der Waals surface area contributed by atoms with Crippen molar-refractivity contribution in [2.24, 2.45) is 0 Å². The second kappa shape index (κ2) is 15.2. The molecule has 0 saturated carbocycles. The maximum absolute atomic E-state index is 13.8. The van der Waals surface area contributed by atoms with Crippen LogP contribution in [0.1, 0.15) is 59.6 Å². The maximum atomic E-state index is 13.8. The number of hydrogen-bond acceptors (Lipinski definition) is 9. The Balaban J connectivity index is 2.01. The average Bonchev–Trinajstić information content (AvgIpc) is 2.97. The van der Waals surface area contributed by atoms with E-state index < -0.39 is 66.7 Å². The van der Waals surface area contributed by atoms with Crippen molar-refractivity contribution in [3.05, 3.63) is 77.9 Å². The Hall–Kier alpha value is -4.17. The fourth-order valence-electron chi connectivity index (χ4n) is 5.04. The quantitative estimate of drug-likeness (QED) is 0.0984. The molecule has 0 aliphatic carbocycles. The van der Waals surface area contributed by atoms with Gasteiger partial charge in [-0.2, -0.15) is 4.31 Å². The molecule has 0 spiro atoms. The van der Waals surface area contributed by atoms with E-state index in [1.165, 1.54) is 31.2 Å². The zero-order valence-electron chi connectivity index (χ0n) is 30.0. The van der Waals surface area contributed by atoms with Gasteiger partial charge in [-0.15, -0.1) is 0 Å². The predicted octanol–water partition coefficient (Wildman–Crippen LogP) is 5.92. The lowest BCUT2D eigenvalue weighted by molar-refractivity contribution is -0.159. The molecule has 2 aromatic rings. The number of esters is 1. The van der Waals surface area contributed by atoms with Crippen LogP contribution in [0.4, 0.5) is 9.59 Å². The lowest BCUT2D eigenvalue weighted by Gasteiger charge is -2.59. The van der Waals surface area contributed by atoms with Crippen LogP contribution in [0, 0.1) is 6.92 Å². The number of carbonyl (C=O) groups is 4. The smallest absolute Gasteiger partial charge is 0.424 e. The number of nitrogens with zero attached hydrogens (tertiary/aromatic N) is 2. The largest absolute Gasteiger partial charge is 0.456 e. The molecule has 1 N–H and O–H groups in total. The number of nitrogens with one attached hydrogen (secondary N) is 1. The van der Waals surface area contributed by atoms with Gasteiger partial charge in [0.05, 0.1) is 17.5 Å². The van der Waals surface area contributed by atoms with Gasteiger partial charge in [0.1, 0.15) is 24.4 Å². The normalized spacial score (nSPS) is 17.6. The Labute approximate surface area is 290 Å². The van der Waals surface area contributed by atoms with E-state index in [1.54, 1.807) is 67.8 Å². The molecule has 268 valence electrons. The van der Waals surface area contributed by atoms with Gasteiger partial charge in [0, 0.05) is 6.92 Å². The third-order valence-corrected chi connectivity index (χ3v) is 15.6. The Morgan fingerprint density at radius 2 is 1.59 bits per heavy atom. The van der Waals surface area contributed by atoms with E-state index in [0.29, 0.717) is 9.87 Å².